The maximum atomic E-state index is 10.3. The summed E-state index contributed by atoms with van der Waals surface area (Å²) in [5, 5.41) is 20.3. The average molecular weight is 238 g/mol. The molecule has 0 saturated carbocycles. The lowest BCUT2D eigenvalue weighted by Gasteiger charge is -2.31. The summed E-state index contributed by atoms with van der Waals surface area (Å²) in [6, 6.07) is 0. The van der Waals surface area contributed by atoms with E-state index in [1.54, 1.807) is 0 Å². The molecular formula is C15H26O2. The molecule has 0 heterocycles. The van der Waals surface area contributed by atoms with Crippen molar-refractivity contribution < 1.29 is 10.2 Å². The van der Waals surface area contributed by atoms with Gasteiger partial charge in [-0.1, -0.05) is 32.1 Å². The van der Waals surface area contributed by atoms with E-state index >= 15 is 0 Å². The summed E-state index contributed by atoms with van der Waals surface area (Å²) in [7, 11) is 0. The number of allylic oxidation sites excluding steroid dienone is 2. The number of hydrogen-bond donors (Lipinski definition) is 2. The van der Waals surface area contributed by atoms with Crippen molar-refractivity contribution in [1.82, 2.24) is 0 Å². The van der Waals surface area contributed by atoms with Crippen LogP contribution in [0.3, 0.4) is 0 Å². The van der Waals surface area contributed by atoms with Gasteiger partial charge in [0.15, 0.2) is 0 Å². The molecule has 3 atom stereocenters. The van der Waals surface area contributed by atoms with Gasteiger partial charge in [0.25, 0.3) is 0 Å². The van der Waals surface area contributed by atoms with E-state index in [2.05, 4.69) is 33.4 Å². The molecule has 3 unspecified atom stereocenters. The van der Waals surface area contributed by atoms with Crippen LogP contribution < -0.4 is 0 Å². The van der Waals surface area contributed by atoms with Gasteiger partial charge in [-0.15, -0.1) is 0 Å². The van der Waals surface area contributed by atoms with Crippen molar-refractivity contribution in [2.75, 3.05) is 0 Å². The summed E-state index contributed by atoms with van der Waals surface area (Å²) in [5.41, 5.74) is 2.14. The molecule has 1 aliphatic rings. The van der Waals surface area contributed by atoms with Crippen molar-refractivity contribution in [2.24, 2.45) is 11.8 Å². The van der Waals surface area contributed by atoms with Crippen molar-refractivity contribution in [1.29, 1.82) is 0 Å². The van der Waals surface area contributed by atoms with Crippen molar-refractivity contribution in [3.8, 4) is 0 Å². The zero-order valence-corrected chi connectivity index (χ0v) is 11.3. The maximum absolute atomic E-state index is 10.3. The Balaban J connectivity index is 2.87. The van der Waals surface area contributed by atoms with Crippen LogP contribution in [0.1, 0.15) is 46.5 Å². The van der Waals surface area contributed by atoms with Crippen LogP contribution in [-0.4, -0.2) is 22.4 Å². The second-order valence-electron chi connectivity index (χ2n) is 5.63. The number of aliphatic hydroxyl groups excluding tert-OH is 2. The second-order valence-corrected chi connectivity index (χ2v) is 5.63. The topological polar surface area (TPSA) is 40.5 Å². The first-order valence-corrected chi connectivity index (χ1v) is 6.63. The molecule has 1 aliphatic carbocycles. The summed E-state index contributed by atoms with van der Waals surface area (Å²) < 4.78 is 0. The molecule has 98 valence electrons. The Labute approximate surface area is 105 Å². The summed E-state index contributed by atoms with van der Waals surface area (Å²) in [4.78, 5) is 0. The second kappa shape index (κ2) is 6.36. The van der Waals surface area contributed by atoms with Gasteiger partial charge in [-0.25, -0.2) is 0 Å². The van der Waals surface area contributed by atoms with Crippen LogP contribution >= 0.6 is 0 Å². The Bertz CT molecular complexity index is 291. The third kappa shape index (κ3) is 3.97. The van der Waals surface area contributed by atoms with Crippen LogP contribution in [0.25, 0.3) is 0 Å². The Morgan fingerprint density at radius 3 is 2.53 bits per heavy atom. The van der Waals surface area contributed by atoms with Crippen LogP contribution in [0.2, 0.25) is 0 Å². The zero-order chi connectivity index (χ0) is 13.0. The normalized spacial score (nSPS) is 32.5. The fraction of sp³-hybridized carbons (Fsp3) is 0.733. The third-order valence-corrected chi connectivity index (χ3v) is 3.87. The SMILES string of the molecule is C=C1CCC=C(C)CCC(C(C)C)C(O)C1O. The van der Waals surface area contributed by atoms with Crippen LogP contribution in [0.5, 0.6) is 0 Å². The molecule has 0 radical (unpaired) electrons. The van der Waals surface area contributed by atoms with Gasteiger partial charge >= 0.3 is 0 Å². The van der Waals surface area contributed by atoms with E-state index in [1.807, 2.05) is 0 Å². The fourth-order valence-corrected chi connectivity index (χ4v) is 2.52. The predicted octanol–water partition coefficient (Wildman–Crippen LogP) is 3.06. The summed E-state index contributed by atoms with van der Waals surface area (Å²) in [6.45, 7) is 10.3. The number of aliphatic hydroxyl groups is 2. The molecule has 0 aromatic heterocycles. The van der Waals surface area contributed by atoms with Crippen LogP contribution in [-0.2, 0) is 0 Å². The molecule has 0 fully saturated rings. The van der Waals surface area contributed by atoms with E-state index < -0.39 is 12.2 Å². The fourth-order valence-electron chi connectivity index (χ4n) is 2.52. The molecular weight excluding hydrogens is 212 g/mol. The van der Waals surface area contributed by atoms with E-state index in [4.69, 9.17) is 0 Å². The highest BCUT2D eigenvalue weighted by Crippen LogP contribution is 2.29. The summed E-state index contributed by atoms with van der Waals surface area (Å²) >= 11 is 0. The Hall–Kier alpha value is -0.600. The lowest BCUT2D eigenvalue weighted by molar-refractivity contribution is -0.0163. The molecule has 0 saturated heterocycles. The van der Waals surface area contributed by atoms with E-state index in [0.29, 0.717) is 5.92 Å². The van der Waals surface area contributed by atoms with E-state index in [0.717, 1.165) is 31.3 Å². The van der Waals surface area contributed by atoms with E-state index in [-0.39, 0.29) is 5.92 Å². The first-order chi connectivity index (χ1) is 7.93. The van der Waals surface area contributed by atoms with Gasteiger partial charge in [0.05, 0.1) is 6.10 Å². The largest absolute Gasteiger partial charge is 0.390 e. The van der Waals surface area contributed by atoms with Gasteiger partial charge in [-0.05, 0) is 50.0 Å². The number of hydrogen-bond acceptors (Lipinski definition) is 2. The first kappa shape index (κ1) is 14.5. The Kier molecular flexibility index (Phi) is 5.41. The van der Waals surface area contributed by atoms with Crippen LogP contribution in [0.4, 0.5) is 0 Å². The molecule has 0 aliphatic heterocycles. The highest BCUT2D eigenvalue weighted by molar-refractivity contribution is 5.10. The molecule has 17 heavy (non-hydrogen) atoms. The quantitative estimate of drug-likeness (QED) is 0.689. The minimum Gasteiger partial charge on any atom is -0.390 e. The Morgan fingerprint density at radius 1 is 1.29 bits per heavy atom. The lowest BCUT2D eigenvalue weighted by Crippen LogP contribution is -2.37. The molecule has 0 amide bonds. The van der Waals surface area contributed by atoms with E-state index in [1.165, 1.54) is 5.57 Å². The van der Waals surface area contributed by atoms with Gasteiger partial charge in [0.2, 0.25) is 0 Å². The lowest BCUT2D eigenvalue weighted by atomic mass is 9.80. The smallest absolute Gasteiger partial charge is 0.101 e. The monoisotopic (exact) mass is 238 g/mol. The van der Waals surface area contributed by atoms with Gasteiger partial charge < -0.3 is 10.2 Å². The van der Waals surface area contributed by atoms with Crippen molar-refractivity contribution >= 4 is 0 Å². The first-order valence-electron chi connectivity index (χ1n) is 6.63. The van der Waals surface area contributed by atoms with Crippen molar-refractivity contribution in [3.05, 3.63) is 23.8 Å². The third-order valence-electron chi connectivity index (χ3n) is 3.87. The van der Waals surface area contributed by atoms with E-state index in [9.17, 15) is 10.2 Å². The average Bonchev–Trinajstić information content (AvgIpc) is 2.26. The molecule has 2 N–H and O–H groups in total. The molecule has 0 aromatic carbocycles. The molecule has 0 bridgehead atoms. The highest BCUT2D eigenvalue weighted by atomic mass is 16.3. The zero-order valence-electron chi connectivity index (χ0n) is 11.3. The van der Waals surface area contributed by atoms with Gasteiger partial charge in [-0.2, -0.15) is 0 Å². The maximum Gasteiger partial charge on any atom is 0.101 e. The molecule has 2 nitrogen and oxygen atoms in total. The van der Waals surface area contributed by atoms with Crippen LogP contribution in [0.15, 0.2) is 23.8 Å². The van der Waals surface area contributed by atoms with Crippen molar-refractivity contribution in [2.45, 2.75) is 58.7 Å². The minimum atomic E-state index is -0.769. The van der Waals surface area contributed by atoms with Gasteiger partial charge in [-0.3, -0.25) is 0 Å². The van der Waals surface area contributed by atoms with Crippen molar-refractivity contribution in [3.63, 3.8) is 0 Å². The molecule has 1 rings (SSSR count). The predicted molar refractivity (Wildman–Crippen MR) is 71.7 cm³/mol. The summed E-state index contributed by atoms with van der Waals surface area (Å²) in [5.74, 6) is 0.517. The van der Waals surface area contributed by atoms with Gasteiger partial charge in [0.1, 0.15) is 6.10 Å². The standard InChI is InChI=1S/C15H26O2/c1-10(2)13-9-8-11(3)6-5-7-12(4)14(16)15(13)17/h6,10,13-17H,4-5,7-9H2,1-3H3. The highest BCUT2D eigenvalue weighted by Gasteiger charge is 2.30. The van der Waals surface area contributed by atoms with Gasteiger partial charge in [0, 0.05) is 0 Å². The Morgan fingerprint density at radius 2 is 1.94 bits per heavy atom. The molecule has 0 spiro atoms. The summed E-state index contributed by atoms with van der Waals surface area (Å²) in [6.07, 6.45) is 4.42. The van der Waals surface area contributed by atoms with Crippen LogP contribution in [0, 0.1) is 11.8 Å². The molecule has 0 aromatic rings. The minimum absolute atomic E-state index is 0.142. The number of rotatable bonds is 1. The molecule has 2 heteroatoms.